The van der Waals surface area contributed by atoms with Gasteiger partial charge in [0.15, 0.2) is 0 Å². The van der Waals surface area contributed by atoms with Crippen LogP contribution in [0.4, 0.5) is 5.69 Å². The molecular weight excluding hydrogens is 228 g/mol. The third-order valence-electron chi connectivity index (χ3n) is 3.23. The molecule has 1 aromatic carbocycles. The molecule has 0 radical (unpaired) electrons. The minimum atomic E-state index is 1.01. The number of fused-ring (bicyclic) bond motifs is 1. The Bertz CT molecular complexity index is 341. The molecule has 1 heterocycles. The number of benzene rings is 1. The summed E-state index contributed by atoms with van der Waals surface area (Å²) >= 11 is 1.95. The second kappa shape index (κ2) is 6.92. The topological polar surface area (TPSA) is 15.3 Å². The van der Waals surface area contributed by atoms with Crippen molar-refractivity contribution in [2.45, 2.75) is 19.4 Å². The fourth-order valence-corrected chi connectivity index (χ4v) is 2.80. The van der Waals surface area contributed by atoms with Crippen molar-refractivity contribution < 1.29 is 0 Å². The molecule has 0 spiro atoms. The first-order valence-electron chi connectivity index (χ1n) is 6.44. The van der Waals surface area contributed by atoms with Crippen molar-refractivity contribution in [2.75, 3.05) is 36.5 Å². The summed E-state index contributed by atoms with van der Waals surface area (Å²) in [6, 6.07) is 8.79. The van der Waals surface area contributed by atoms with Gasteiger partial charge in [-0.3, -0.25) is 0 Å². The summed E-state index contributed by atoms with van der Waals surface area (Å²) in [5.41, 5.74) is 2.87. The summed E-state index contributed by atoms with van der Waals surface area (Å²) in [5.74, 6) is 1.29. The van der Waals surface area contributed by atoms with Crippen molar-refractivity contribution in [3.05, 3.63) is 29.8 Å². The van der Waals surface area contributed by atoms with Crippen LogP contribution in [0.3, 0.4) is 0 Å². The summed E-state index contributed by atoms with van der Waals surface area (Å²) in [4.78, 5) is 2.54. The van der Waals surface area contributed by atoms with E-state index < -0.39 is 0 Å². The highest BCUT2D eigenvalue weighted by molar-refractivity contribution is 7.98. The average Bonchev–Trinajstić information content (AvgIpc) is 2.57. The summed E-state index contributed by atoms with van der Waals surface area (Å²) in [6.07, 6.45) is 4.81. The van der Waals surface area contributed by atoms with E-state index in [0.717, 1.165) is 19.6 Å². The van der Waals surface area contributed by atoms with E-state index in [0.29, 0.717) is 0 Å². The summed E-state index contributed by atoms with van der Waals surface area (Å²) in [5, 5.41) is 3.49. The van der Waals surface area contributed by atoms with Gasteiger partial charge in [0, 0.05) is 31.9 Å². The number of hydrogen-bond donors (Lipinski definition) is 1. The molecule has 0 aliphatic carbocycles. The molecule has 0 saturated heterocycles. The zero-order chi connectivity index (χ0) is 11.9. The van der Waals surface area contributed by atoms with Crippen LogP contribution in [0.1, 0.15) is 18.4 Å². The second-order valence-electron chi connectivity index (χ2n) is 4.49. The number of para-hydroxylation sites is 1. The van der Waals surface area contributed by atoms with Crippen LogP contribution >= 0.6 is 11.8 Å². The van der Waals surface area contributed by atoms with Crippen LogP contribution in [0.5, 0.6) is 0 Å². The van der Waals surface area contributed by atoms with E-state index in [1.54, 1.807) is 0 Å². The maximum atomic E-state index is 3.49. The van der Waals surface area contributed by atoms with Gasteiger partial charge in [-0.1, -0.05) is 18.2 Å². The van der Waals surface area contributed by atoms with E-state index >= 15 is 0 Å². The maximum Gasteiger partial charge on any atom is 0.0412 e. The van der Waals surface area contributed by atoms with E-state index in [4.69, 9.17) is 0 Å². The zero-order valence-corrected chi connectivity index (χ0v) is 11.4. The van der Waals surface area contributed by atoms with E-state index in [-0.39, 0.29) is 0 Å². The highest BCUT2D eigenvalue weighted by atomic mass is 32.2. The Morgan fingerprint density at radius 1 is 1.29 bits per heavy atom. The molecule has 3 heteroatoms. The Morgan fingerprint density at radius 2 is 2.18 bits per heavy atom. The van der Waals surface area contributed by atoms with E-state index in [1.807, 2.05) is 11.8 Å². The van der Waals surface area contributed by atoms with Gasteiger partial charge in [-0.25, -0.2) is 0 Å². The molecule has 1 aromatic rings. The molecule has 17 heavy (non-hydrogen) atoms. The van der Waals surface area contributed by atoms with Crippen LogP contribution < -0.4 is 10.2 Å². The normalized spacial score (nSPS) is 15.5. The number of hydrogen-bond acceptors (Lipinski definition) is 3. The summed E-state index contributed by atoms with van der Waals surface area (Å²) in [7, 11) is 0. The molecule has 0 amide bonds. The largest absolute Gasteiger partial charge is 0.370 e. The quantitative estimate of drug-likeness (QED) is 0.809. The molecule has 1 aliphatic rings. The minimum absolute atomic E-state index is 1.01. The first-order valence-corrected chi connectivity index (χ1v) is 7.83. The zero-order valence-electron chi connectivity index (χ0n) is 10.6. The number of nitrogens with zero attached hydrogens (tertiary/aromatic N) is 1. The van der Waals surface area contributed by atoms with Gasteiger partial charge in [-0.2, -0.15) is 11.8 Å². The highest BCUT2D eigenvalue weighted by Gasteiger charge is 2.13. The molecule has 0 atom stereocenters. The Morgan fingerprint density at radius 3 is 3.06 bits per heavy atom. The number of nitrogens with one attached hydrogen (secondary N) is 1. The van der Waals surface area contributed by atoms with Gasteiger partial charge in [-0.05, 0) is 36.5 Å². The number of thioether (sulfide) groups is 1. The molecule has 2 nitrogen and oxygen atoms in total. The lowest BCUT2D eigenvalue weighted by Gasteiger charge is -2.24. The number of rotatable bonds is 5. The summed E-state index contributed by atoms with van der Waals surface area (Å²) in [6.45, 7) is 4.43. The number of anilines is 1. The van der Waals surface area contributed by atoms with Crippen LogP contribution in [-0.4, -0.2) is 31.6 Å². The molecule has 1 N–H and O–H groups in total. The van der Waals surface area contributed by atoms with Crippen LogP contribution in [0.15, 0.2) is 24.3 Å². The molecular formula is C14H22N2S. The first-order chi connectivity index (χ1) is 8.42. The lowest BCUT2D eigenvalue weighted by molar-refractivity contribution is 0.671. The van der Waals surface area contributed by atoms with Crippen molar-refractivity contribution in [1.82, 2.24) is 5.32 Å². The fraction of sp³-hybridized carbons (Fsp3) is 0.571. The third-order valence-corrected chi connectivity index (χ3v) is 3.93. The van der Waals surface area contributed by atoms with E-state index in [1.165, 1.54) is 36.4 Å². The minimum Gasteiger partial charge on any atom is -0.370 e. The van der Waals surface area contributed by atoms with Gasteiger partial charge in [-0.15, -0.1) is 0 Å². The SMILES string of the molecule is CSCCCCN1CCNCc2ccccc21. The molecule has 0 saturated carbocycles. The molecule has 1 aliphatic heterocycles. The molecule has 0 unspecified atom stereocenters. The van der Waals surface area contributed by atoms with Crippen LogP contribution in [0.25, 0.3) is 0 Å². The average molecular weight is 250 g/mol. The van der Waals surface area contributed by atoms with Gasteiger partial charge in [0.05, 0.1) is 0 Å². The Labute approximate surface area is 109 Å². The predicted octanol–water partition coefficient (Wildman–Crippen LogP) is 2.74. The lowest BCUT2D eigenvalue weighted by atomic mass is 10.1. The smallest absolute Gasteiger partial charge is 0.0412 e. The van der Waals surface area contributed by atoms with Crippen LogP contribution in [-0.2, 0) is 6.54 Å². The van der Waals surface area contributed by atoms with Gasteiger partial charge < -0.3 is 10.2 Å². The highest BCUT2D eigenvalue weighted by Crippen LogP contribution is 2.22. The van der Waals surface area contributed by atoms with Crippen molar-refractivity contribution >= 4 is 17.4 Å². The predicted molar refractivity (Wildman–Crippen MR) is 78.0 cm³/mol. The second-order valence-corrected chi connectivity index (χ2v) is 5.48. The van der Waals surface area contributed by atoms with Crippen molar-refractivity contribution in [3.8, 4) is 0 Å². The van der Waals surface area contributed by atoms with Gasteiger partial charge in [0.1, 0.15) is 0 Å². The van der Waals surface area contributed by atoms with Gasteiger partial charge in [0.25, 0.3) is 0 Å². The van der Waals surface area contributed by atoms with Crippen molar-refractivity contribution in [2.24, 2.45) is 0 Å². The third kappa shape index (κ3) is 3.65. The summed E-state index contributed by atoms with van der Waals surface area (Å²) < 4.78 is 0. The Kier molecular flexibility index (Phi) is 5.20. The molecule has 0 bridgehead atoms. The van der Waals surface area contributed by atoms with Crippen molar-refractivity contribution in [1.29, 1.82) is 0 Å². The van der Waals surface area contributed by atoms with Crippen LogP contribution in [0, 0.1) is 0 Å². The van der Waals surface area contributed by atoms with Gasteiger partial charge in [0.2, 0.25) is 0 Å². The monoisotopic (exact) mass is 250 g/mol. The van der Waals surface area contributed by atoms with E-state index in [2.05, 4.69) is 40.7 Å². The molecule has 0 fully saturated rings. The van der Waals surface area contributed by atoms with Crippen LogP contribution in [0.2, 0.25) is 0 Å². The molecule has 2 rings (SSSR count). The fourth-order valence-electron chi connectivity index (χ4n) is 2.31. The standard InChI is InChI=1S/C14H22N2S/c1-17-11-5-4-9-16-10-8-15-12-13-6-2-3-7-14(13)16/h2-3,6-7,15H,4-5,8-12H2,1H3. The molecule has 0 aromatic heterocycles. The van der Waals surface area contributed by atoms with Gasteiger partial charge >= 0.3 is 0 Å². The first kappa shape index (κ1) is 12.8. The van der Waals surface area contributed by atoms with E-state index in [9.17, 15) is 0 Å². The Hall–Kier alpha value is -0.670. The van der Waals surface area contributed by atoms with Crippen molar-refractivity contribution in [3.63, 3.8) is 0 Å². The number of unbranched alkanes of at least 4 members (excludes halogenated alkanes) is 1. The Balaban J connectivity index is 1.97. The maximum absolute atomic E-state index is 3.49. The lowest BCUT2D eigenvalue weighted by Crippen LogP contribution is -2.29. The molecule has 94 valence electrons.